The third-order valence-electron chi connectivity index (χ3n) is 8.26. The predicted molar refractivity (Wildman–Crippen MR) is 151 cm³/mol. The fourth-order valence-corrected chi connectivity index (χ4v) is 5.89. The van der Waals surface area contributed by atoms with Gasteiger partial charge in [0.2, 0.25) is 0 Å². The Balaban J connectivity index is 1.08. The molecule has 1 aromatic carbocycles. The summed E-state index contributed by atoms with van der Waals surface area (Å²) >= 11 is 0. The van der Waals surface area contributed by atoms with Gasteiger partial charge in [0.25, 0.3) is 0 Å². The molecule has 3 aromatic heterocycles. The molecule has 11 heteroatoms. The number of piperazine rings is 1. The maximum atomic E-state index is 14.6. The average Bonchev–Trinajstić information content (AvgIpc) is 3.55. The number of fused-ring (bicyclic) bond motifs is 1. The van der Waals surface area contributed by atoms with E-state index in [1.54, 1.807) is 27.9 Å². The Morgan fingerprint density at radius 1 is 0.951 bits per heavy atom. The van der Waals surface area contributed by atoms with Crippen LogP contribution in [0.15, 0.2) is 55.0 Å². The zero-order valence-corrected chi connectivity index (χ0v) is 22.4. The Morgan fingerprint density at radius 2 is 1.80 bits per heavy atom. The van der Waals surface area contributed by atoms with Crippen molar-refractivity contribution in [3.63, 3.8) is 0 Å². The van der Waals surface area contributed by atoms with Gasteiger partial charge in [0.15, 0.2) is 5.65 Å². The summed E-state index contributed by atoms with van der Waals surface area (Å²) in [6, 6.07) is 9.00. The highest BCUT2D eigenvalue weighted by Gasteiger charge is 2.36. The van der Waals surface area contributed by atoms with Crippen molar-refractivity contribution in [1.82, 2.24) is 24.5 Å². The Morgan fingerprint density at radius 3 is 2.56 bits per heavy atom. The number of aromatic nitrogens is 4. The summed E-state index contributed by atoms with van der Waals surface area (Å²) in [7, 11) is 0. The molecule has 0 unspecified atom stereocenters. The normalized spacial score (nSPS) is 22.2. The fourth-order valence-electron chi connectivity index (χ4n) is 5.89. The first-order valence-electron chi connectivity index (χ1n) is 13.9. The third kappa shape index (κ3) is 5.15. The first-order valence-corrected chi connectivity index (χ1v) is 13.9. The molecule has 0 radical (unpaired) electrons. The van der Waals surface area contributed by atoms with Crippen molar-refractivity contribution in [1.29, 1.82) is 0 Å². The second kappa shape index (κ2) is 10.8. The van der Waals surface area contributed by atoms with E-state index in [9.17, 15) is 13.2 Å². The molecule has 6 heterocycles. The van der Waals surface area contributed by atoms with Crippen LogP contribution in [0.5, 0.6) is 0 Å². The van der Waals surface area contributed by atoms with E-state index in [2.05, 4.69) is 25.9 Å². The smallest absolute Gasteiger partial charge is 0.164 e. The highest BCUT2D eigenvalue weighted by Crippen LogP contribution is 2.38. The van der Waals surface area contributed by atoms with E-state index >= 15 is 0 Å². The van der Waals surface area contributed by atoms with E-state index < -0.39 is 23.8 Å². The van der Waals surface area contributed by atoms with Crippen molar-refractivity contribution >= 4 is 29.3 Å². The minimum Gasteiger partial charge on any atom is -0.378 e. The molecule has 3 fully saturated rings. The Hall–Kier alpha value is -3.96. The number of rotatable bonds is 6. The monoisotopic (exact) mass is 561 g/mol. The lowest BCUT2D eigenvalue weighted by molar-refractivity contribution is -0.0660. The van der Waals surface area contributed by atoms with Crippen LogP contribution < -0.4 is 9.80 Å². The number of anilines is 2. The van der Waals surface area contributed by atoms with E-state index in [-0.39, 0.29) is 18.5 Å². The molecule has 0 amide bonds. The molecule has 4 aromatic rings. The number of benzene rings is 1. The quantitative estimate of drug-likeness (QED) is 0.346. The molecular weight excluding hydrogens is 531 g/mol. The van der Waals surface area contributed by atoms with Crippen LogP contribution in [0.4, 0.5) is 24.7 Å². The van der Waals surface area contributed by atoms with Gasteiger partial charge in [0, 0.05) is 49.9 Å². The zero-order valence-electron chi connectivity index (χ0n) is 22.4. The zero-order chi connectivity index (χ0) is 27.9. The lowest BCUT2D eigenvalue weighted by Gasteiger charge is -2.43. The van der Waals surface area contributed by atoms with Gasteiger partial charge in [0.1, 0.15) is 23.6 Å². The summed E-state index contributed by atoms with van der Waals surface area (Å²) in [5, 5.41) is 4.38. The Bertz CT molecular complexity index is 1560. The molecule has 8 nitrogen and oxygen atoms in total. The number of pyridine rings is 1. The highest BCUT2D eigenvalue weighted by atomic mass is 19.1. The van der Waals surface area contributed by atoms with Crippen LogP contribution in [-0.4, -0.2) is 82.6 Å². The largest absolute Gasteiger partial charge is 0.378 e. The first-order chi connectivity index (χ1) is 20.0. The molecule has 0 spiro atoms. The van der Waals surface area contributed by atoms with Gasteiger partial charge in [-0.05, 0) is 48.6 Å². The van der Waals surface area contributed by atoms with Crippen molar-refractivity contribution < 1.29 is 17.9 Å². The molecule has 0 saturated carbocycles. The SMILES string of the molecule is Fc1ccc(F)c([C@H]2C[C@H](F)CN2c2ccn3ncc(/C=C/c4ccc(N5CCN(C6COC6)CC5)cn4)c3n2)c1. The summed E-state index contributed by atoms with van der Waals surface area (Å²) in [4.78, 5) is 15.9. The van der Waals surface area contributed by atoms with E-state index in [1.807, 2.05) is 24.4 Å². The van der Waals surface area contributed by atoms with Crippen molar-refractivity contribution in [2.45, 2.75) is 24.7 Å². The van der Waals surface area contributed by atoms with Crippen molar-refractivity contribution in [2.24, 2.45) is 0 Å². The number of hydrogen-bond donors (Lipinski definition) is 0. The van der Waals surface area contributed by atoms with Crippen molar-refractivity contribution in [3.05, 3.63) is 83.4 Å². The van der Waals surface area contributed by atoms with Crippen LogP contribution in [0.2, 0.25) is 0 Å². The number of halogens is 3. The molecule has 3 aliphatic heterocycles. The predicted octanol–water partition coefficient (Wildman–Crippen LogP) is 4.38. The molecule has 41 heavy (non-hydrogen) atoms. The van der Waals surface area contributed by atoms with Crippen LogP contribution in [0.25, 0.3) is 17.8 Å². The number of alkyl halides is 1. The summed E-state index contributed by atoms with van der Waals surface area (Å²) in [5.74, 6) is -0.637. The third-order valence-corrected chi connectivity index (χ3v) is 8.26. The maximum absolute atomic E-state index is 14.6. The van der Waals surface area contributed by atoms with E-state index in [1.165, 1.54) is 0 Å². The van der Waals surface area contributed by atoms with Crippen LogP contribution in [0.1, 0.15) is 29.3 Å². The first kappa shape index (κ1) is 26.0. The number of ether oxygens (including phenoxy) is 1. The fraction of sp³-hybridized carbons (Fsp3) is 0.367. The standard InChI is InChI=1S/C30H30F3N7O/c31-21-2-6-27(33)26(13-21)28-14-22(32)17-39(28)29-7-8-40-30(36-29)20(15-35-40)1-3-23-4-5-24(16-34-23)37-9-11-38(12-10-37)25-18-41-19-25/h1-8,13,15-16,22,25,28H,9-12,14,17-19H2/b3-1+/t22-,28+/m0/s1. The summed E-state index contributed by atoms with van der Waals surface area (Å²) in [6.45, 7) is 5.73. The van der Waals surface area contributed by atoms with E-state index in [0.717, 1.165) is 74.5 Å². The lowest BCUT2D eigenvalue weighted by atomic mass is 10.0. The van der Waals surface area contributed by atoms with Gasteiger partial charge in [-0.2, -0.15) is 5.10 Å². The van der Waals surface area contributed by atoms with Crippen LogP contribution in [0, 0.1) is 11.6 Å². The molecule has 2 atom stereocenters. The maximum Gasteiger partial charge on any atom is 0.164 e. The van der Waals surface area contributed by atoms with Gasteiger partial charge in [-0.1, -0.05) is 0 Å². The van der Waals surface area contributed by atoms with Gasteiger partial charge >= 0.3 is 0 Å². The highest BCUT2D eigenvalue weighted by molar-refractivity contribution is 5.76. The molecule has 0 bridgehead atoms. The number of hydrogen-bond acceptors (Lipinski definition) is 7. The molecule has 3 aliphatic rings. The van der Waals surface area contributed by atoms with E-state index in [4.69, 9.17) is 9.72 Å². The second-order valence-electron chi connectivity index (χ2n) is 10.8. The molecule has 0 N–H and O–H groups in total. The molecule has 3 saturated heterocycles. The summed E-state index contributed by atoms with van der Waals surface area (Å²) in [6.07, 6.45) is 8.03. The summed E-state index contributed by atoms with van der Waals surface area (Å²) < 4.78 is 50.0. The van der Waals surface area contributed by atoms with E-state index in [0.29, 0.717) is 17.5 Å². The van der Waals surface area contributed by atoms with Crippen molar-refractivity contribution in [3.8, 4) is 0 Å². The summed E-state index contributed by atoms with van der Waals surface area (Å²) in [5.41, 5.74) is 3.37. The lowest BCUT2D eigenvalue weighted by Crippen LogP contribution is -2.56. The van der Waals surface area contributed by atoms with Gasteiger partial charge in [-0.15, -0.1) is 0 Å². The van der Waals surface area contributed by atoms with Crippen LogP contribution in [-0.2, 0) is 4.74 Å². The minimum absolute atomic E-state index is 0.0451. The van der Waals surface area contributed by atoms with Crippen molar-refractivity contribution in [2.75, 3.05) is 55.7 Å². The van der Waals surface area contributed by atoms with Gasteiger partial charge in [-0.25, -0.2) is 22.7 Å². The van der Waals surface area contributed by atoms with Gasteiger partial charge in [-0.3, -0.25) is 9.88 Å². The second-order valence-corrected chi connectivity index (χ2v) is 10.8. The number of nitrogens with zero attached hydrogens (tertiary/aromatic N) is 7. The van der Waals surface area contributed by atoms with Gasteiger partial charge in [0.05, 0.1) is 55.6 Å². The average molecular weight is 562 g/mol. The topological polar surface area (TPSA) is 62.0 Å². The Labute approximate surface area is 235 Å². The minimum atomic E-state index is -1.18. The van der Waals surface area contributed by atoms with Crippen LogP contribution >= 0.6 is 0 Å². The molecule has 0 aliphatic carbocycles. The van der Waals surface area contributed by atoms with Crippen LogP contribution in [0.3, 0.4) is 0 Å². The molecule has 212 valence electrons. The Kier molecular flexibility index (Phi) is 6.83. The molecule has 7 rings (SSSR count). The molecular formula is C30H30F3N7O. The van der Waals surface area contributed by atoms with Gasteiger partial charge < -0.3 is 14.5 Å².